The number of fused-ring (bicyclic) bond motifs is 1. The van der Waals surface area contributed by atoms with Crippen LogP contribution in [0.5, 0.6) is 0 Å². The van der Waals surface area contributed by atoms with Crippen LogP contribution in [0, 0.1) is 0 Å². The number of anilines is 2. The van der Waals surface area contributed by atoms with Gasteiger partial charge >= 0.3 is 0 Å². The number of aliphatic imine (C=N–C) groups is 1. The summed E-state index contributed by atoms with van der Waals surface area (Å²) in [6, 6.07) is 12.2. The molecule has 1 aliphatic heterocycles. The molecule has 1 saturated heterocycles. The molecule has 7 heteroatoms. The third kappa shape index (κ3) is 3.54. The number of benzene rings is 2. The molecule has 1 fully saturated rings. The molecule has 1 aromatic heterocycles. The molecule has 0 saturated carbocycles. The fraction of sp³-hybridized carbons (Fsp3) is 0.286. The lowest BCUT2D eigenvalue weighted by Gasteiger charge is -2.29. The van der Waals surface area contributed by atoms with E-state index in [0.29, 0.717) is 12.4 Å². The summed E-state index contributed by atoms with van der Waals surface area (Å²) < 4.78 is 0. The topological polar surface area (TPSA) is 105 Å². The van der Waals surface area contributed by atoms with Gasteiger partial charge in [0.25, 0.3) is 0 Å². The lowest BCUT2D eigenvalue weighted by atomic mass is 10.0. The summed E-state index contributed by atoms with van der Waals surface area (Å²) in [4.78, 5) is 15.7. The zero-order chi connectivity index (χ0) is 19.5. The molecule has 2 aromatic carbocycles. The molecule has 5 N–H and O–H groups in total. The van der Waals surface area contributed by atoms with Gasteiger partial charge in [0.05, 0.1) is 16.7 Å². The minimum atomic E-state index is 0.478. The molecule has 0 atom stereocenters. The van der Waals surface area contributed by atoms with E-state index in [0.717, 1.165) is 71.8 Å². The van der Waals surface area contributed by atoms with Gasteiger partial charge in [0.15, 0.2) is 11.6 Å². The van der Waals surface area contributed by atoms with E-state index in [2.05, 4.69) is 45.1 Å². The van der Waals surface area contributed by atoms with Gasteiger partial charge in [-0.2, -0.15) is 0 Å². The Morgan fingerprint density at radius 1 is 1.04 bits per heavy atom. The first-order chi connectivity index (χ1) is 13.7. The first-order valence-electron chi connectivity index (χ1n) is 9.52. The van der Waals surface area contributed by atoms with E-state index in [4.69, 9.17) is 16.5 Å². The molecule has 1 aliphatic rings. The minimum absolute atomic E-state index is 0.478. The van der Waals surface area contributed by atoms with Gasteiger partial charge in [-0.3, -0.25) is 4.99 Å². The third-order valence-electron chi connectivity index (χ3n) is 5.09. The Kier molecular flexibility index (Phi) is 5.18. The zero-order valence-electron chi connectivity index (χ0n) is 15.9. The van der Waals surface area contributed by atoms with Gasteiger partial charge in [-0.15, -0.1) is 0 Å². The van der Waals surface area contributed by atoms with Crippen LogP contribution in [-0.2, 0) is 6.42 Å². The van der Waals surface area contributed by atoms with Gasteiger partial charge in [-0.25, -0.2) is 9.97 Å². The van der Waals surface area contributed by atoms with Crippen molar-refractivity contribution in [3.05, 3.63) is 42.0 Å². The molecule has 0 spiro atoms. The van der Waals surface area contributed by atoms with Crippen molar-refractivity contribution in [2.24, 2.45) is 10.7 Å². The lowest BCUT2D eigenvalue weighted by Crippen LogP contribution is -2.44. The predicted molar refractivity (Wildman–Crippen MR) is 116 cm³/mol. The maximum atomic E-state index is 6.18. The number of rotatable bonds is 5. The Hall–Kier alpha value is -3.03. The number of nitrogen functional groups attached to an aromatic ring is 1. The Bertz CT molecular complexity index is 1010. The summed E-state index contributed by atoms with van der Waals surface area (Å²) in [5.41, 5.74) is 17.6. The maximum Gasteiger partial charge on any atom is 0.172 e. The first kappa shape index (κ1) is 18.3. The molecule has 0 amide bonds. The molecule has 4 rings (SSSR count). The van der Waals surface area contributed by atoms with Crippen molar-refractivity contribution in [1.29, 1.82) is 0 Å². The largest absolute Gasteiger partial charge is 0.381 e. The second kappa shape index (κ2) is 7.92. The average Bonchev–Trinajstić information content (AvgIpc) is 2.74. The summed E-state index contributed by atoms with van der Waals surface area (Å²) in [6.45, 7) is 7.88. The number of piperazine rings is 1. The van der Waals surface area contributed by atoms with Crippen LogP contribution < -0.4 is 21.7 Å². The number of nitrogens with one attached hydrogen (secondary N) is 1. The predicted octanol–water partition coefficient (Wildman–Crippen LogP) is 2.12. The van der Waals surface area contributed by atoms with E-state index in [1.54, 1.807) is 0 Å². The van der Waals surface area contributed by atoms with E-state index < -0.39 is 0 Å². The summed E-state index contributed by atoms with van der Waals surface area (Å²) in [7, 11) is 0. The molecular weight excluding hydrogens is 350 g/mol. The SMILES string of the molecule is C=Nc1cc(-c2ccc3nc(N)c(N4CCNCC4)nc3c2)ccc1CCN. The van der Waals surface area contributed by atoms with Crippen LogP contribution >= 0.6 is 0 Å². The molecule has 0 radical (unpaired) electrons. The van der Waals surface area contributed by atoms with Crippen LogP contribution in [-0.4, -0.2) is 49.4 Å². The maximum absolute atomic E-state index is 6.18. The highest BCUT2D eigenvalue weighted by atomic mass is 15.2. The first-order valence-corrected chi connectivity index (χ1v) is 9.52. The standard InChI is InChI=1S/C21H25N7/c1-24-18-12-15(3-2-14(18)6-7-22)16-4-5-17-19(13-16)27-21(20(23)26-17)28-10-8-25-9-11-28/h2-5,12-13,25H,1,6-11,22H2,(H2,23,26). The summed E-state index contributed by atoms with van der Waals surface area (Å²) >= 11 is 0. The smallest absolute Gasteiger partial charge is 0.172 e. The Morgan fingerprint density at radius 3 is 2.54 bits per heavy atom. The number of aromatic nitrogens is 2. The summed E-state index contributed by atoms with van der Waals surface area (Å²) in [6.07, 6.45) is 0.783. The highest BCUT2D eigenvalue weighted by Gasteiger charge is 2.17. The fourth-order valence-electron chi connectivity index (χ4n) is 3.61. The van der Waals surface area contributed by atoms with E-state index in [-0.39, 0.29) is 0 Å². The van der Waals surface area contributed by atoms with Crippen LogP contribution in [0.3, 0.4) is 0 Å². The molecular formula is C21H25N7. The number of nitrogens with two attached hydrogens (primary N) is 2. The van der Waals surface area contributed by atoms with Crippen molar-refractivity contribution in [3.8, 4) is 11.1 Å². The van der Waals surface area contributed by atoms with Crippen LogP contribution in [0.2, 0.25) is 0 Å². The molecule has 0 unspecified atom stereocenters. The van der Waals surface area contributed by atoms with Gasteiger partial charge in [0.2, 0.25) is 0 Å². The number of hydrogen-bond donors (Lipinski definition) is 3. The van der Waals surface area contributed by atoms with Gasteiger partial charge in [-0.05, 0) is 54.6 Å². The second-order valence-electron chi connectivity index (χ2n) is 6.91. The molecule has 2 heterocycles. The van der Waals surface area contributed by atoms with Crippen LogP contribution in [0.25, 0.3) is 22.2 Å². The normalized spacial score (nSPS) is 14.4. The fourth-order valence-corrected chi connectivity index (χ4v) is 3.61. The van der Waals surface area contributed by atoms with Crippen LogP contribution in [0.4, 0.5) is 17.3 Å². The van der Waals surface area contributed by atoms with Crippen molar-refractivity contribution in [1.82, 2.24) is 15.3 Å². The highest BCUT2D eigenvalue weighted by Crippen LogP contribution is 2.30. The van der Waals surface area contributed by atoms with E-state index in [1.807, 2.05) is 18.2 Å². The van der Waals surface area contributed by atoms with Gasteiger partial charge in [0.1, 0.15) is 0 Å². The van der Waals surface area contributed by atoms with Crippen molar-refractivity contribution in [3.63, 3.8) is 0 Å². The lowest BCUT2D eigenvalue weighted by molar-refractivity contribution is 0.585. The molecule has 28 heavy (non-hydrogen) atoms. The van der Waals surface area contributed by atoms with Crippen molar-refractivity contribution in [2.75, 3.05) is 43.4 Å². The van der Waals surface area contributed by atoms with E-state index in [1.165, 1.54) is 0 Å². The minimum Gasteiger partial charge on any atom is -0.381 e. The second-order valence-corrected chi connectivity index (χ2v) is 6.91. The molecule has 0 aliphatic carbocycles. The summed E-state index contributed by atoms with van der Waals surface area (Å²) in [5, 5.41) is 3.34. The van der Waals surface area contributed by atoms with Gasteiger partial charge in [-0.1, -0.05) is 18.2 Å². The quantitative estimate of drug-likeness (QED) is 0.590. The van der Waals surface area contributed by atoms with E-state index >= 15 is 0 Å². The Morgan fingerprint density at radius 2 is 1.79 bits per heavy atom. The van der Waals surface area contributed by atoms with Crippen molar-refractivity contribution in [2.45, 2.75) is 6.42 Å². The molecule has 144 valence electrons. The zero-order valence-corrected chi connectivity index (χ0v) is 15.9. The van der Waals surface area contributed by atoms with Crippen molar-refractivity contribution < 1.29 is 0 Å². The highest BCUT2D eigenvalue weighted by molar-refractivity contribution is 5.85. The number of nitrogens with zero attached hydrogens (tertiary/aromatic N) is 4. The van der Waals surface area contributed by atoms with Crippen molar-refractivity contribution >= 4 is 35.1 Å². The van der Waals surface area contributed by atoms with Gasteiger partial charge < -0.3 is 21.7 Å². The number of hydrogen-bond acceptors (Lipinski definition) is 7. The Balaban J connectivity index is 1.74. The van der Waals surface area contributed by atoms with Gasteiger partial charge in [0, 0.05) is 26.2 Å². The molecule has 7 nitrogen and oxygen atoms in total. The van der Waals surface area contributed by atoms with E-state index in [9.17, 15) is 0 Å². The monoisotopic (exact) mass is 375 g/mol. The third-order valence-corrected chi connectivity index (χ3v) is 5.09. The van der Waals surface area contributed by atoms with Crippen LogP contribution in [0.15, 0.2) is 41.4 Å². The average molecular weight is 375 g/mol. The Labute approximate surface area is 164 Å². The van der Waals surface area contributed by atoms with Crippen LogP contribution in [0.1, 0.15) is 5.56 Å². The summed E-state index contributed by atoms with van der Waals surface area (Å²) in [5.74, 6) is 1.24. The molecule has 0 bridgehead atoms. The molecule has 3 aromatic rings.